The fraction of sp³-hybridized carbons (Fsp3) is 0.231. The lowest BCUT2D eigenvalue weighted by Crippen LogP contribution is -2.39. The number of rotatable bonds is 3. The standard InChI is InChI=1S/C13H14N4O2S/c1-7-12(20-8(2)11(18)17-13(14)19)16-10-6-4-3-5-9(10)15-7/h3-6,8H,1-2H3,(H3,14,17,18,19). The highest BCUT2D eigenvalue weighted by Gasteiger charge is 2.18. The van der Waals surface area contributed by atoms with Crippen LogP contribution >= 0.6 is 11.8 Å². The Kier molecular flexibility index (Phi) is 4.19. The molecule has 0 aliphatic rings. The van der Waals surface area contributed by atoms with Crippen molar-refractivity contribution < 1.29 is 9.59 Å². The van der Waals surface area contributed by atoms with Crippen LogP contribution in [0.15, 0.2) is 29.3 Å². The van der Waals surface area contributed by atoms with E-state index in [4.69, 9.17) is 5.73 Å². The van der Waals surface area contributed by atoms with Crippen LogP contribution in [-0.2, 0) is 4.79 Å². The molecule has 3 amide bonds. The predicted octanol–water partition coefficient (Wildman–Crippen LogP) is 1.61. The van der Waals surface area contributed by atoms with Gasteiger partial charge in [-0.1, -0.05) is 23.9 Å². The van der Waals surface area contributed by atoms with Gasteiger partial charge in [0.25, 0.3) is 0 Å². The number of aryl methyl sites for hydroxylation is 1. The first-order valence-electron chi connectivity index (χ1n) is 5.97. The van der Waals surface area contributed by atoms with Gasteiger partial charge in [0.2, 0.25) is 5.91 Å². The molecule has 3 N–H and O–H groups in total. The van der Waals surface area contributed by atoms with Gasteiger partial charge in [0.15, 0.2) is 0 Å². The molecule has 1 aromatic heterocycles. The Morgan fingerprint density at radius 3 is 2.45 bits per heavy atom. The van der Waals surface area contributed by atoms with E-state index in [1.165, 1.54) is 11.8 Å². The molecule has 7 heteroatoms. The zero-order valence-corrected chi connectivity index (χ0v) is 11.9. The second-order valence-corrected chi connectivity index (χ2v) is 5.55. The highest BCUT2D eigenvalue weighted by Crippen LogP contribution is 2.25. The number of aromatic nitrogens is 2. The van der Waals surface area contributed by atoms with Crippen molar-refractivity contribution in [3.63, 3.8) is 0 Å². The summed E-state index contributed by atoms with van der Waals surface area (Å²) in [5, 5.41) is 2.22. The summed E-state index contributed by atoms with van der Waals surface area (Å²) in [6.45, 7) is 3.51. The van der Waals surface area contributed by atoms with Crippen LogP contribution in [0.25, 0.3) is 11.0 Å². The number of thioether (sulfide) groups is 1. The van der Waals surface area contributed by atoms with E-state index in [9.17, 15) is 9.59 Å². The quantitative estimate of drug-likeness (QED) is 0.837. The van der Waals surface area contributed by atoms with Gasteiger partial charge >= 0.3 is 6.03 Å². The first-order chi connectivity index (χ1) is 9.47. The molecule has 1 atom stereocenters. The summed E-state index contributed by atoms with van der Waals surface area (Å²) in [6.07, 6.45) is 0. The molecule has 0 aliphatic carbocycles. The van der Waals surface area contributed by atoms with Crippen molar-refractivity contribution >= 4 is 34.7 Å². The normalized spacial score (nSPS) is 12.1. The number of hydrogen-bond donors (Lipinski definition) is 2. The number of para-hydroxylation sites is 2. The lowest BCUT2D eigenvalue weighted by molar-refractivity contribution is -0.119. The number of fused-ring (bicyclic) bond motifs is 1. The van der Waals surface area contributed by atoms with Gasteiger partial charge in [-0.25, -0.2) is 14.8 Å². The number of nitrogens with one attached hydrogen (secondary N) is 1. The maximum absolute atomic E-state index is 11.7. The molecule has 0 bridgehead atoms. The van der Waals surface area contributed by atoms with E-state index in [1.807, 2.05) is 31.2 Å². The minimum Gasteiger partial charge on any atom is -0.351 e. The maximum atomic E-state index is 11.7. The average molecular weight is 290 g/mol. The Hall–Kier alpha value is -2.15. The van der Waals surface area contributed by atoms with Crippen LogP contribution in [-0.4, -0.2) is 27.2 Å². The first kappa shape index (κ1) is 14.3. The van der Waals surface area contributed by atoms with Gasteiger partial charge < -0.3 is 5.73 Å². The molecule has 1 unspecified atom stereocenters. The van der Waals surface area contributed by atoms with Crippen molar-refractivity contribution in [1.82, 2.24) is 15.3 Å². The fourth-order valence-electron chi connectivity index (χ4n) is 1.63. The highest BCUT2D eigenvalue weighted by atomic mass is 32.2. The second-order valence-electron chi connectivity index (χ2n) is 4.22. The zero-order chi connectivity index (χ0) is 14.7. The van der Waals surface area contributed by atoms with Crippen molar-refractivity contribution in [2.45, 2.75) is 24.1 Å². The number of primary amides is 1. The van der Waals surface area contributed by atoms with Gasteiger partial charge in [0.1, 0.15) is 5.03 Å². The van der Waals surface area contributed by atoms with Crippen molar-refractivity contribution in [1.29, 1.82) is 0 Å². The van der Waals surface area contributed by atoms with E-state index in [-0.39, 0.29) is 0 Å². The van der Waals surface area contributed by atoms with Crippen molar-refractivity contribution in [3.05, 3.63) is 30.0 Å². The molecule has 1 heterocycles. The number of urea groups is 1. The number of nitrogens with zero attached hydrogens (tertiary/aromatic N) is 2. The van der Waals surface area contributed by atoms with Crippen LogP contribution in [0.5, 0.6) is 0 Å². The summed E-state index contributed by atoms with van der Waals surface area (Å²) in [5.41, 5.74) is 7.24. The molecular formula is C13H14N4O2S. The Bertz CT molecular complexity index is 674. The van der Waals surface area contributed by atoms with E-state index in [1.54, 1.807) is 6.92 Å². The number of amides is 3. The predicted molar refractivity (Wildman–Crippen MR) is 77.3 cm³/mol. The van der Waals surface area contributed by atoms with E-state index in [0.29, 0.717) is 5.03 Å². The number of benzene rings is 1. The van der Waals surface area contributed by atoms with Gasteiger partial charge in [-0.2, -0.15) is 0 Å². The summed E-state index contributed by atoms with van der Waals surface area (Å²) in [6, 6.07) is 6.66. The SMILES string of the molecule is Cc1nc2ccccc2nc1SC(C)C(=O)NC(N)=O. The van der Waals surface area contributed by atoms with Crippen LogP contribution in [0.2, 0.25) is 0 Å². The number of imide groups is 1. The summed E-state index contributed by atoms with van der Waals surface area (Å²) < 4.78 is 0. The number of hydrogen-bond acceptors (Lipinski definition) is 5. The average Bonchev–Trinajstić information content (AvgIpc) is 2.38. The summed E-state index contributed by atoms with van der Waals surface area (Å²) in [7, 11) is 0. The number of carbonyl (C=O) groups is 2. The topological polar surface area (TPSA) is 98.0 Å². The molecule has 2 aromatic rings. The van der Waals surface area contributed by atoms with Gasteiger partial charge in [-0.15, -0.1) is 0 Å². The first-order valence-corrected chi connectivity index (χ1v) is 6.85. The Labute approximate surface area is 120 Å². The number of carbonyl (C=O) groups excluding carboxylic acids is 2. The summed E-state index contributed by atoms with van der Waals surface area (Å²) >= 11 is 1.24. The van der Waals surface area contributed by atoms with E-state index in [2.05, 4.69) is 15.3 Å². The third kappa shape index (κ3) is 3.24. The highest BCUT2D eigenvalue weighted by molar-refractivity contribution is 8.00. The summed E-state index contributed by atoms with van der Waals surface area (Å²) in [5.74, 6) is -0.447. The van der Waals surface area contributed by atoms with Crippen LogP contribution in [0.3, 0.4) is 0 Å². The second kappa shape index (κ2) is 5.87. The van der Waals surface area contributed by atoms with E-state index >= 15 is 0 Å². The molecule has 0 spiro atoms. The molecule has 2 rings (SSSR count). The van der Waals surface area contributed by atoms with Crippen molar-refractivity contribution in [2.75, 3.05) is 0 Å². The van der Waals surface area contributed by atoms with E-state index < -0.39 is 17.2 Å². The molecule has 0 saturated carbocycles. The molecular weight excluding hydrogens is 276 g/mol. The van der Waals surface area contributed by atoms with Crippen LogP contribution < -0.4 is 11.1 Å². The van der Waals surface area contributed by atoms with Gasteiger partial charge in [-0.05, 0) is 26.0 Å². The largest absolute Gasteiger partial charge is 0.351 e. The van der Waals surface area contributed by atoms with Crippen LogP contribution in [0, 0.1) is 6.92 Å². The molecule has 1 aromatic carbocycles. The molecule has 0 aliphatic heterocycles. The molecule has 104 valence electrons. The molecule has 0 saturated heterocycles. The fourth-order valence-corrected chi connectivity index (χ4v) is 2.50. The molecule has 0 fully saturated rings. The van der Waals surface area contributed by atoms with E-state index in [0.717, 1.165) is 16.7 Å². The van der Waals surface area contributed by atoms with Crippen molar-refractivity contribution in [2.24, 2.45) is 5.73 Å². The molecule has 0 radical (unpaired) electrons. The Balaban J connectivity index is 2.22. The van der Waals surface area contributed by atoms with Gasteiger partial charge in [0, 0.05) is 0 Å². The zero-order valence-electron chi connectivity index (χ0n) is 11.1. The third-order valence-corrected chi connectivity index (χ3v) is 3.78. The third-order valence-electron chi connectivity index (χ3n) is 2.61. The minimum atomic E-state index is -0.858. The van der Waals surface area contributed by atoms with Crippen LogP contribution in [0.1, 0.15) is 12.6 Å². The Morgan fingerprint density at radius 2 is 1.85 bits per heavy atom. The lowest BCUT2D eigenvalue weighted by Gasteiger charge is -2.11. The van der Waals surface area contributed by atoms with Crippen LogP contribution in [0.4, 0.5) is 4.79 Å². The number of nitrogens with two attached hydrogens (primary N) is 1. The smallest absolute Gasteiger partial charge is 0.318 e. The summed E-state index contributed by atoms with van der Waals surface area (Å²) in [4.78, 5) is 31.2. The van der Waals surface area contributed by atoms with Gasteiger partial charge in [0.05, 0.1) is 22.0 Å². The maximum Gasteiger partial charge on any atom is 0.318 e. The lowest BCUT2D eigenvalue weighted by atomic mass is 10.3. The monoisotopic (exact) mass is 290 g/mol. The van der Waals surface area contributed by atoms with Gasteiger partial charge in [-0.3, -0.25) is 10.1 Å². The molecule has 6 nitrogen and oxygen atoms in total. The minimum absolute atomic E-state index is 0.447. The van der Waals surface area contributed by atoms with Crippen molar-refractivity contribution in [3.8, 4) is 0 Å². The molecule has 20 heavy (non-hydrogen) atoms. The Morgan fingerprint density at radius 1 is 1.25 bits per heavy atom.